The number of nitrogens with one attached hydrogen (secondary N) is 2. The van der Waals surface area contributed by atoms with Gasteiger partial charge in [0.25, 0.3) is 0 Å². The highest BCUT2D eigenvalue weighted by Gasteiger charge is 2.73. The Morgan fingerprint density at radius 2 is 2.00 bits per heavy atom. The maximum absolute atomic E-state index is 13.9. The molecule has 1 aromatic rings. The Kier molecular flexibility index (Phi) is 8.34. The van der Waals surface area contributed by atoms with E-state index >= 15 is 0 Å². The van der Waals surface area contributed by atoms with E-state index in [4.69, 9.17) is 16.7 Å². The molecule has 2 bridgehead atoms. The van der Waals surface area contributed by atoms with Gasteiger partial charge in [-0.15, -0.1) is 11.8 Å². The lowest BCUT2D eigenvalue weighted by molar-refractivity contribution is -0.139. The van der Waals surface area contributed by atoms with E-state index in [1.165, 1.54) is 0 Å². The topological polar surface area (TPSA) is 98.7 Å². The molecule has 0 saturated carbocycles. The summed E-state index contributed by atoms with van der Waals surface area (Å²) >= 11 is 8.08. The molecule has 3 fully saturated rings. The van der Waals surface area contributed by atoms with Gasteiger partial charge < -0.3 is 20.6 Å². The van der Waals surface area contributed by atoms with Gasteiger partial charge in [0, 0.05) is 24.9 Å². The number of anilines is 1. The zero-order chi connectivity index (χ0) is 25.2. The first kappa shape index (κ1) is 26.3. The molecule has 3 amide bonds. The van der Waals surface area contributed by atoms with E-state index in [0.717, 1.165) is 50.5 Å². The van der Waals surface area contributed by atoms with E-state index in [1.54, 1.807) is 22.7 Å². The highest BCUT2D eigenvalue weighted by atomic mass is 35.5. The number of para-hydroxylation sites is 1. The minimum atomic E-state index is -0.646. The number of fused-ring (bicyclic) bond motifs is 1. The van der Waals surface area contributed by atoms with Gasteiger partial charge in [0.05, 0.1) is 27.3 Å². The number of hydrogen-bond donors (Lipinski definition) is 3. The van der Waals surface area contributed by atoms with Crippen LogP contribution in [0.4, 0.5) is 5.69 Å². The summed E-state index contributed by atoms with van der Waals surface area (Å²) < 4.78 is -0.597. The summed E-state index contributed by atoms with van der Waals surface area (Å²) in [5, 5.41) is 15.6. The first-order chi connectivity index (χ1) is 16.9. The van der Waals surface area contributed by atoms with Gasteiger partial charge in [0.2, 0.25) is 17.7 Å². The number of unbranched alkanes of at least 4 members (excludes halogenated alkanes) is 3. The van der Waals surface area contributed by atoms with Crippen molar-refractivity contribution in [3.05, 3.63) is 28.8 Å². The van der Waals surface area contributed by atoms with Crippen LogP contribution < -0.4 is 10.6 Å². The second kappa shape index (κ2) is 11.1. The van der Waals surface area contributed by atoms with Gasteiger partial charge in [0.1, 0.15) is 6.04 Å². The predicted molar refractivity (Wildman–Crippen MR) is 139 cm³/mol. The minimum Gasteiger partial charge on any atom is -0.396 e. The number of aliphatic hydroxyl groups excluding tert-OH is 1. The third-order valence-electron chi connectivity index (χ3n) is 7.68. The molecule has 35 heavy (non-hydrogen) atoms. The van der Waals surface area contributed by atoms with Crippen LogP contribution in [-0.4, -0.2) is 63.5 Å². The van der Waals surface area contributed by atoms with Crippen LogP contribution in [0.3, 0.4) is 0 Å². The molecular formula is C26H36ClN3O4S. The van der Waals surface area contributed by atoms with Crippen LogP contribution in [-0.2, 0) is 14.4 Å². The Bertz CT molecular complexity index is 956. The number of rotatable bonds is 11. The molecule has 3 aliphatic heterocycles. The van der Waals surface area contributed by atoms with Gasteiger partial charge in [-0.2, -0.15) is 0 Å². The number of thioether (sulfide) groups is 1. The maximum Gasteiger partial charge on any atom is 0.248 e. The molecule has 3 aliphatic rings. The quantitative estimate of drug-likeness (QED) is 0.385. The number of nitrogens with zero attached hydrogens (tertiary/aromatic N) is 1. The number of hydrogen-bond acceptors (Lipinski definition) is 5. The number of halogens is 1. The van der Waals surface area contributed by atoms with Crippen molar-refractivity contribution in [2.24, 2.45) is 11.8 Å². The third-order valence-corrected chi connectivity index (χ3v) is 9.94. The summed E-state index contributed by atoms with van der Waals surface area (Å²) in [5.41, 5.74) is 1.43. The fourth-order valence-corrected chi connectivity index (χ4v) is 8.58. The molecule has 2 unspecified atom stereocenters. The fraction of sp³-hybridized carbons (Fsp3) is 0.654. The van der Waals surface area contributed by atoms with E-state index in [0.29, 0.717) is 23.8 Å². The Hall–Kier alpha value is -1.77. The molecule has 7 nitrogen and oxygen atoms in total. The number of carbonyl (C=O) groups excluding carboxylic acids is 3. The van der Waals surface area contributed by atoms with Crippen molar-refractivity contribution in [1.29, 1.82) is 0 Å². The zero-order valence-electron chi connectivity index (χ0n) is 20.5. The van der Waals surface area contributed by atoms with Crippen molar-refractivity contribution >= 4 is 46.8 Å². The van der Waals surface area contributed by atoms with Gasteiger partial charge in [0.15, 0.2) is 0 Å². The molecule has 9 heteroatoms. The lowest BCUT2D eigenvalue weighted by atomic mass is 9.70. The van der Waals surface area contributed by atoms with E-state index in [9.17, 15) is 14.4 Å². The number of aryl methyl sites for hydroxylation is 1. The van der Waals surface area contributed by atoms with Gasteiger partial charge in [-0.3, -0.25) is 14.4 Å². The van der Waals surface area contributed by atoms with E-state index < -0.39 is 22.6 Å². The summed E-state index contributed by atoms with van der Waals surface area (Å²) in [5.74, 6) is -1.24. The Morgan fingerprint density at radius 3 is 2.71 bits per heavy atom. The second-order valence-corrected chi connectivity index (χ2v) is 11.9. The molecule has 3 N–H and O–H groups in total. The van der Waals surface area contributed by atoms with Crippen molar-refractivity contribution < 1.29 is 19.5 Å². The molecule has 0 radical (unpaired) electrons. The highest BCUT2D eigenvalue weighted by Crippen LogP contribution is 2.66. The molecular weight excluding hydrogens is 486 g/mol. The van der Waals surface area contributed by atoms with Crippen molar-refractivity contribution in [2.75, 3.05) is 25.0 Å². The largest absolute Gasteiger partial charge is 0.396 e. The maximum atomic E-state index is 13.9. The first-order valence-electron chi connectivity index (χ1n) is 12.8. The van der Waals surface area contributed by atoms with E-state index in [1.807, 2.05) is 26.0 Å². The number of amides is 3. The second-order valence-electron chi connectivity index (χ2n) is 9.94. The number of aliphatic hydroxyl groups is 1. The smallest absolute Gasteiger partial charge is 0.248 e. The summed E-state index contributed by atoms with van der Waals surface area (Å²) in [6.45, 7) is 5.11. The summed E-state index contributed by atoms with van der Waals surface area (Å²) in [7, 11) is 0. The van der Waals surface area contributed by atoms with Gasteiger partial charge in [-0.25, -0.2) is 0 Å². The predicted octanol–water partition coefficient (Wildman–Crippen LogP) is 3.76. The number of likely N-dealkylation sites (tertiary alicyclic amines) is 1. The number of carbonyl (C=O) groups is 3. The average molecular weight is 522 g/mol. The monoisotopic (exact) mass is 521 g/mol. The molecule has 0 aromatic heterocycles. The lowest BCUT2D eigenvalue weighted by Crippen LogP contribution is -2.52. The van der Waals surface area contributed by atoms with Crippen LogP contribution >= 0.6 is 23.4 Å². The highest BCUT2D eigenvalue weighted by molar-refractivity contribution is 8.02. The first-order valence-corrected chi connectivity index (χ1v) is 14.0. The summed E-state index contributed by atoms with van der Waals surface area (Å²) in [6.07, 6.45) is 5.65. The van der Waals surface area contributed by atoms with Crippen LogP contribution in [0.25, 0.3) is 0 Å². The van der Waals surface area contributed by atoms with Crippen LogP contribution in [0, 0.1) is 18.8 Å². The molecule has 4 rings (SSSR count). The van der Waals surface area contributed by atoms with Crippen molar-refractivity contribution in [1.82, 2.24) is 10.2 Å². The van der Waals surface area contributed by atoms with Crippen LogP contribution in [0.2, 0.25) is 5.02 Å². The summed E-state index contributed by atoms with van der Waals surface area (Å²) in [4.78, 5) is 42.6. The fourth-order valence-electron chi connectivity index (χ4n) is 6.09. The molecule has 0 aliphatic carbocycles. The van der Waals surface area contributed by atoms with Crippen molar-refractivity contribution in [3.63, 3.8) is 0 Å². The molecule has 3 saturated heterocycles. The third kappa shape index (κ3) is 4.81. The van der Waals surface area contributed by atoms with Gasteiger partial charge >= 0.3 is 0 Å². The van der Waals surface area contributed by atoms with Crippen LogP contribution in [0.1, 0.15) is 57.4 Å². The van der Waals surface area contributed by atoms with E-state index in [-0.39, 0.29) is 29.6 Å². The van der Waals surface area contributed by atoms with Gasteiger partial charge in [-0.1, -0.05) is 43.5 Å². The molecule has 1 spiro atoms. The normalized spacial score (nSPS) is 28.9. The Morgan fingerprint density at radius 1 is 1.23 bits per heavy atom. The lowest BCUT2D eigenvalue weighted by Gasteiger charge is -2.34. The molecule has 192 valence electrons. The van der Waals surface area contributed by atoms with E-state index in [2.05, 4.69) is 10.6 Å². The SMILES string of the molecule is CCCNC(=O)[C@@H]1[C@@H]2CCC3(S2)C(C(=O)Nc2c(C)cccc2Cl)N(CCCCCCO)C(=O)[C@H]13. The average Bonchev–Trinajstić information content (AvgIpc) is 3.47. The van der Waals surface area contributed by atoms with Crippen LogP contribution in [0.5, 0.6) is 0 Å². The van der Waals surface area contributed by atoms with Crippen molar-refractivity contribution in [2.45, 2.75) is 74.8 Å². The molecule has 3 heterocycles. The molecule has 1 aromatic carbocycles. The van der Waals surface area contributed by atoms with Gasteiger partial charge in [-0.05, 0) is 50.7 Å². The summed E-state index contributed by atoms with van der Waals surface area (Å²) in [6, 6.07) is 4.83. The molecule has 5 atom stereocenters. The minimum absolute atomic E-state index is 0.0600. The zero-order valence-corrected chi connectivity index (χ0v) is 22.1. The standard InChI is InChI=1S/C26H36ClN3O4S/c1-3-13-28-23(32)19-18-11-12-26(35-18)20(19)25(34)30(14-6-4-5-7-15-31)22(26)24(33)29-21-16(2)9-8-10-17(21)27/h8-10,18-20,22,31H,3-7,11-15H2,1-2H3,(H,28,32)(H,29,33)/t18-,19+,20-,22?,26?/m0/s1. The Balaban J connectivity index is 1.63. The number of benzene rings is 1. The van der Waals surface area contributed by atoms with Crippen LogP contribution in [0.15, 0.2) is 18.2 Å². The Labute approximate surface area is 216 Å². The van der Waals surface area contributed by atoms with Crippen molar-refractivity contribution in [3.8, 4) is 0 Å².